The van der Waals surface area contributed by atoms with Crippen molar-refractivity contribution < 1.29 is 9.18 Å². The van der Waals surface area contributed by atoms with Crippen molar-refractivity contribution in [2.45, 2.75) is 32.1 Å². The van der Waals surface area contributed by atoms with Crippen LogP contribution in [0.4, 0.5) is 4.39 Å². The SMILES string of the molecule is CC1CCN(C(=O)C2CC2c2ccc(F)cc2)CC1. The smallest absolute Gasteiger partial charge is 0.226 e. The molecule has 1 heterocycles. The Labute approximate surface area is 113 Å². The number of piperidine rings is 1. The van der Waals surface area contributed by atoms with Crippen molar-refractivity contribution in [3.63, 3.8) is 0 Å². The average molecular weight is 261 g/mol. The summed E-state index contributed by atoms with van der Waals surface area (Å²) in [6.07, 6.45) is 3.18. The molecule has 1 aliphatic carbocycles. The maximum Gasteiger partial charge on any atom is 0.226 e. The highest BCUT2D eigenvalue weighted by molar-refractivity contribution is 5.83. The zero-order valence-electron chi connectivity index (χ0n) is 11.3. The Balaban J connectivity index is 1.60. The van der Waals surface area contributed by atoms with Gasteiger partial charge in [-0.2, -0.15) is 0 Å². The van der Waals surface area contributed by atoms with Crippen LogP contribution in [0.1, 0.15) is 37.7 Å². The number of rotatable bonds is 2. The first-order valence-electron chi connectivity index (χ1n) is 7.19. The van der Waals surface area contributed by atoms with Gasteiger partial charge in [0.15, 0.2) is 0 Å². The first-order chi connectivity index (χ1) is 9.15. The van der Waals surface area contributed by atoms with Crippen LogP contribution in [0.2, 0.25) is 0 Å². The molecule has 2 fully saturated rings. The molecule has 1 aliphatic heterocycles. The molecule has 1 aromatic rings. The fraction of sp³-hybridized carbons (Fsp3) is 0.562. The number of hydrogen-bond donors (Lipinski definition) is 0. The molecule has 0 bridgehead atoms. The van der Waals surface area contributed by atoms with Crippen LogP contribution >= 0.6 is 0 Å². The highest BCUT2D eigenvalue weighted by Crippen LogP contribution is 2.48. The Hall–Kier alpha value is -1.38. The third-order valence-corrected chi connectivity index (χ3v) is 4.50. The number of nitrogens with zero attached hydrogens (tertiary/aromatic N) is 1. The van der Waals surface area contributed by atoms with Crippen LogP contribution < -0.4 is 0 Å². The molecule has 2 unspecified atom stereocenters. The predicted molar refractivity (Wildman–Crippen MR) is 72.2 cm³/mol. The molecule has 0 spiro atoms. The van der Waals surface area contributed by atoms with E-state index in [-0.39, 0.29) is 11.7 Å². The molecular formula is C16H20FNO. The number of hydrogen-bond acceptors (Lipinski definition) is 1. The van der Waals surface area contributed by atoms with Gasteiger partial charge in [-0.3, -0.25) is 4.79 Å². The molecule has 1 amide bonds. The van der Waals surface area contributed by atoms with E-state index in [1.807, 2.05) is 17.0 Å². The summed E-state index contributed by atoms with van der Waals surface area (Å²) in [5, 5.41) is 0. The first kappa shape index (κ1) is 12.6. The standard InChI is InChI=1S/C16H20FNO/c1-11-6-8-18(9-7-11)16(19)15-10-14(15)12-2-4-13(17)5-3-12/h2-5,11,14-15H,6-10H2,1H3. The molecule has 2 nitrogen and oxygen atoms in total. The Morgan fingerprint density at radius 3 is 2.47 bits per heavy atom. The van der Waals surface area contributed by atoms with E-state index in [2.05, 4.69) is 6.92 Å². The van der Waals surface area contributed by atoms with E-state index >= 15 is 0 Å². The quantitative estimate of drug-likeness (QED) is 0.800. The fourth-order valence-corrected chi connectivity index (χ4v) is 3.01. The molecule has 0 aromatic heterocycles. The van der Waals surface area contributed by atoms with Crippen molar-refractivity contribution in [2.75, 3.05) is 13.1 Å². The molecule has 102 valence electrons. The first-order valence-corrected chi connectivity index (χ1v) is 7.19. The van der Waals surface area contributed by atoms with Crippen LogP contribution in [0, 0.1) is 17.7 Å². The Bertz CT molecular complexity index is 462. The zero-order chi connectivity index (χ0) is 13.4. The number of likely N-dealkylation sites (tertiary alicyclic amines) is 1. The zero-order valence-corrected chi connectivity index (χ0v) is 11.3. The van der Waals surface area contributed by atoms with Crippen LogP contribution in [0.3, 0.4) is 0 Å². The van der Waals surface area contributed by atoms with E-state index in [1.165, 1.54) is 12.1 Å². The maximum absolute atomic E-state index is 12.9. The van der Waals surface area contributed by atoms with Crippen molar-refractivity contribution in [1.29, 1.82) is 0 Å². The Kier molecular flexibility index (Phi) is 3.29. The number of carbonyl (C=O) groups excluding carboxylic acids is 1. The molecule has 1 saturated heterocycles. The van der Waals surface area contributed by atoms with Gasteiger partial charge in [-0.25, -0.2) is 4.39 Å². The Morgan fingerprint density at radius 1 is 1.21 bits per heavy atom. The van der Waals surface area contributed by atoms with Crippen LogP contribution in [-0.2, 0) is 4.79 Å². The van der Waals surface area contributed by atoms with E-state index in [1.54, 1.807) is 0 Å². The van der Waals surface area contributed by atoms with Gasteiger partial charge in [0.05, 0.1) is 0 Å². The minimum atomic E-state index is -0.211. The molecule has 1 saturated carbocycles. The van der Waals surface area contributed by atoms with Crippen molar-refractivity contribution in [2.24, 2.45) is 11.8 Å². The van der Waals surface area contributed by atoms with E-state index in [4.69, 9.17) is 0 Å². The second-order valence-electron chi connectivity index (χ2n) is 6.01. The van der Waals surface area contributed by atoms with E-state index in [9.17, 15) is 9.18 Å². The lowest BCUT2D eigenvalue weighted by Gasteiger charge is -2.30. The molecule has 0 radical (unpaired) electrons. The lowest BCUT2D eigenvalue weighted by molar-refractivity contribution is -0.134. The fourth-order valence-electron chi connectivity index (χ4n) is 3.01. The van der Waals surface area contributed by atoms with Crippen LogP contribution in [0.5, 0.6) is 0 Å². The molecule has 1 aromatic carbocycles. The van der Waals surface area contributed by atoms with Crippen molar-refractivity contribution in [3.05, 3.63) is 35.6 Å². The highest BCUT2D eigenvalue weighted by Gasteiger charge is 2.45. The molecule has 3 heteroatoms. The molecule has 19 heavy (non-hydrogen) atoms. The summed E-state index contributed by atoms with van der Waals surface area (Å²) in [7, 11) is 0. The van der Waals surface area contributed by atoms with Crippen molar-refractivity contribution in [3.8, 4) is 0 Å². The van der Waals surface area contributed by atoms with Gasteiger partial charge in [-0.1, -0.05) is 19.1 Å². The second-order valence-corrected chi connectivity index (χ2v) is 6.01. The van der Waals surface area contributed by atoms with Crippen LogP contribution in [0.15, 0.2) is 24.3 Å². The number of carbonyl (C=O) groups is 1. The number of amides is 1. The van der Waals surface area contributed by atoms with Crippen LogP contribution in [-0.4, -0.2) is 23.9 Å². The lowest BCUT2D eigenvalue weighted by Crippen LogP contribution is -2.39. The van der Waals surface area contributed by atoms with E-state index < -0.39 is 0 Å². The normalized spacial score (nSPS) is 27.4. The van der Waals surface area contributed by atoms with Gasteiger partial charge in [-0.05, 0) is 48.8 Å². The summed E-state index contributed by atoms with van der Waals surface area (Å²) >= 11 is 0. The molecule has 2 aliphatic rings. The second kappa shape index (κ2) is 4.95. The van der Waals surface area contributed by atoms with Gasteiger partial charge in [0.25, 0.3) is 0 Å². The molecular weight excluding hydrogens is 241 g/mol. The summed E-state index contributed by atoms with van der Waals surface area (Å²) in [5.41, 5.74) is 1.10. The van der Waals surface area contributed by atoms with Gasteiger partial charge in [-0.15, -0.1) is 0 Å². The molecule has 0 N–H and O–H groups in total. The number of benzene rings is 1. The summed E-state index contributed by atoms with van der Waals surface area (Å²) in [6.45, 7) is 4.07. The lowest BCUT2D eigenvalue weighted by atomic mass is 9.98. The summed E-state index contributed by atoms with van der Waals surface area (Å²) < 4.78 is 12.9. The van der Waals surface area contributed by atoms with Gasteiger partial charge >= 0.3 is 0 Å². The van der Waals surface area contributed by atoms with Gasteiger partial charge < -0.3 is 4.90 Å². The third kappa shape index (κ3) is 2.65. The predicted octanol–water partition coefficient (Wildman–Crippen LogP) is 3.19. The number of halogens is 1. The largest absolute Gasteiger partial charge is 0.342 e. The topological polar surface area (TPSA) is 20.3 Å². The average Bonchev–Trinajstić information content (AvgIpc) is 3.20. The third-order valence-electron chi connectivity index (χ3n) is 4.50. The van der Waals surface area contributed by atoms with Crippen molar-refractivity contribution >= 4 is 5.91 Å². The Morgan fingerprint density at radius 2 is 1.84 bits per heavy atom. The highest BCUT2D eigenvalue weighted by atomic mass is 19.1. The summed E-state index contributed by atoms with van der Waals surface area (Å²) in [5.74, 6) is 1.29. The van der Waals surface area contributed by atoms with Gasteiger partial charge in [0.2, 0.25) is 5.91 Å². The van der Waals surface area contributed by atoms with E-state index in [0.29, 0.717) is 11.8 Å². The van der Waals surface area contributed by atoms with Gasteiger partial charge in [0.1, 0.15) is 5.82 Å². The summed E-state index contributed by atoms with van der Waals surface area (Å²) in [6, 6.07) is 6.59. The molecule has 3 rings (SSSR count). The summed E-state index contributed by atoms with van der Waals surface area (Å²) in [4.78, 5) is 14.4. The van der Waals surface area contributed by atoms with Gasteiger partial charge in [0, 0.05) is 19.0 Å². The minimum Gasteiger partial charge on any atom is -0.342 e. The van der Waals surface area contributed by atoms with E-state index in [0.717, 1.165) is 43.8 Å². The minimum absolute atomic E-state index is 0.138. The van der Waals surface area contributed by atoms with Crippen LogP contribution in [0.25, 0.3) is 0 Å². The molecule has 2 atom stereocenters. The monoisotopic (exact) mass is 261 g/mol. The van der Waals surface area contributed by atoms with Crippen molar-refractivity contribution in [1.82, 2.24) is 4.90 Å². The maximum atomic E-state index is 12.9.